The molecule has 0 saturated carbocycles. The van der Waals surface area contributed by atoms with Crippen LogP contribution in [0.2, 0.25) is 0 Å². The van der Waals surface area contributed by atoms with Crippen molar-refractivity contribution in [3.63, 3.8) is 0 Å². The summed E-state index contributed by atoms with van der Waals surface area (Å²) in [5.74, 6) is 0. The molecule has 18 heavy (non-hydrogen) atoms. The monoisotopic (exact) mass is 382 g/mol. The summed E-state index contributed by atoms with van der Waals surface area (Å²) in [4.78, 5) is 3.22. The summed E-state index contributed by atoms with van der Waals surface area (Å²) in [6.45, 7) is 0. The fourth-order valence-corrected chi connectivity index (χ4v) is 2.87. The van der Waals surface area contributed by atoms with Gasteiger partial charge in [-0.25, -0.2) is 0 Å². The molecule has 0 aliphatic heterocycles. The lowest BCUT2D eigenvalue weighted by Crippen LogP contribution is -1.93. The summed E-state index contributed by atoms with van der Waals surface area (Å²) in [5.41, 5.74) is 3.15. The highest BCUT2D eigenvalue weighted by atomic mass is 79.9. The van der Waals surface area contributed by atoms with Crippen LogP contribution in [0.1, 0.15) is 0 Å². The Hall–Kier alpha value is -0.910. The van der Waals surface area contributed by atoms with Crippen molar-refractivity contribution in [3.8, 4) is 5.69 Å². The first-order valence-electron chi connectivity index (χ1n) is 5.31. The molecule has 1 aromatic heterocycles. The summed E-state index contributed by atoms with van der Waals surface area (Å²) < 4.78 is 4.82. The molecule has 0 fully saturated rings. The minimum Gasteiger partial charge on any atom is -0.330 e. The van der Waals surface area contributed by atoms with Crippen LogP contribution in [0.4, 0.5) is 0 Å². The average molecular weight is 384 g/mol. The molecule has 1 heterocycles. The van der Waals surface area contributed by atoms with Crippen LogP contribution in [0.3, 0.4) is 0 Å². The van der Waals surface area contributed by atoms with Crippen LogP contribution >= 0.6 is 44.1 Å². The van der Waals surface area contributed by atoms with Crippen LogP contribution in [0, 0.1) is 4.77 Å². The zero-order chi connectivity index (χ0) is 12.7. The predicted molar refractivity (Wildman–Crippen MR) is 83.9 cm³/mol. The maximum atomic E-state index is 5.39. The summed E-state index contributed by atoms with van der Waals surface area (Å²) in [6.07, 6.45) is 0. The molecule has 0 aliphatic carbocycles. The molecule has 3 aromatic rings. The lowest BCUT2D eigenvalue weighted by molar-refractivity contribution is 1.06. The first kappa shape index (κ1) is 12.1. The van der Waals surface area contributed by atoms with E-state index in [1.54, 1.807) is 0 Å². The highest BCUT2D eigenvalue weighted by molar-refractivity contribution is 9.10. The number of fused-ring (bicyclic) bond motifs is 1. The topological polar surface area (TPSA) is 20.7 Å². The van der Waals surface area contributed by atoms with Crippen molar-refractivity contribution in [2.75, 3.05) is 0 Å². The second kappa shape index (κ2) is 4.64. The van der Waals surface area contributed by atoms with Gasteiger partial charge in [0.1, 0.15) is 0 Å². The van der Waals surface area contributed by atoms with Gasteiger partial charge in [0.05, 0.1) is 11.0 Å². The largest absolute Gasteiger partial charge is 0.330 e. The van der Waals surface area contributed by atoms with Crippen molar-refractivity contribution >= 4 is 55.1 Å². The number of hydrogen-bond acceptors (Lipinski definition) is 1. The van der Waals surface area contributed by atoms with Gasteiger partial charge in [0.15, 0.2) is 4.77 Å². The van der Waals surface area contributed by atoms with E-state index < -0.39 is 0 Å². The van der Waals surface area contributed by atoms with Crippen LogP contribution in [0.25, 0.3) is 16.7 Å². The van der Waals surface area contributed by atoms with Gasteiger partial charge in [0.25, 0.3) is 0 Å². The summed E-state index contributed by atoms with van der Waals surface area (Å²) in [6, 6.07) is 14.2. The fraction of sp³-hybridized carbons (Fsp3) is 0. The predicted octanol–water partition coefficient (Wildman–Crippen LogP) is 5.21. The van der Waals surface area contributed by atoms with E-state index in [0.717, 1.165) is 25.7 Å². The second-order valence-corrected chi connectivity index (χ2v) is 6.12. The number of aromatic amines is 1. The van der Waals surface area contributed by atoms with Crippen molar-refractivity contribution in [1.29, 1.82) is 0 Å². The Labute approximate surface area is 126 Å². The zero-order valence-corrected chi connectivity index (χ0v) is 13.1. The Morgan fingerprint density at radius 1 is 0.944 bits per heavy atom. The molecule has 0 unspecified atom stereocenters. The van der Waals surface area contributed by atoms with Crippen LogP contribution in [0.15, 0.2) is 51.4 Å². The van der Waals surface area contributed by atoms with Gasteiger partial charge in [-0.05, 0) is 54.7 Å². The number of nitrogens with one attached hydrogen (secondary N) is 1. The van der Waals surface area contributed by atoms with Gasteiger partial charge in [0.2, 0.25) is 0 Å². The number of rotatable bonds is 1. The van der Waals surface area contributed by atoms with Gasteiger partial charge in [-0.3, -0.25) is 4.57 Å². The van der Waals surface area contributed by atoms with E-state index in [1.807, 2.05) is 47.0 Å². The van der Waals surface area contributed by atoms with Gasteiger partial charge in [0, 0.05) is 14.6 Å². The number of hydrogen-bond donors (Lipinski definition) is 1. The zero-order valence-electron chi connectivity index (χ0n) is 9.15. The number of halogens is 2. The van der Waals surface area contributed by atoms with E-state index in [-0.39, 0.29) is 0 Å². The lowest BCUT2D eigenvalue weighted by atomic mass is 10.3. The quantitative estimate of drug-likeness (QED) is 0.571. The molecule has 2 aromatic carbocycles. The Kier molecular flexibility index (Phi) is 3.13. The Bertz CT molecular complexity index is 772. The number of nitrogens with zero attached hydrogens (tertiary/aromatic N) is 1. The molecular formula is C13H8Br2N2S. The van der Waals surface area contributed by atoms with Gasteiger partial charge >= 0.3 is 0 Å². The first-order valence-corrected chi connectivity index (χ1v) is 7.31. The van der Waals surface area contributed by atoms with E-state index in [9.17, 15) is 0 Å². The standard InChI is InChI=1S/C13H8Br2N2S/c14-8-1-4-10(5-2-8)17-12-6-3-9(15)7-11(12)16-13(17)18/h1-7H,(H,16,18). The molecule has 0 aliphatic rings. The van der Waals surface area contributed by atoms with Crippen molar-refractivity contribution in [2.24, 2.45) is 0 Å². The molecular weight excluding hydrogens is 376 g/mol. The highest BCUT2D eigenvalue weighted by Gasteiger charge is 2.06. The van der Waals surface area contributed by atoms with Gasteiger partial charge in [-0.15, -0.1) is 0 Å². The first-order chi connectivity index (χ1) is 8.65. The van der Waals surface area contributed by atoms with Crippen LogP contribution in [0.5, 0.6) is 0 Å². The lowest BCUT2D eigenvalue weighted by Gasteiger charge is -2.04. The van der Waals surface area contributed by atoms with Crippen LogP contribution < -0.4 is 0 Å². The van der Waals surface area contributed by atoms with Gasteiger partial charge in [-0.2, -0.15) is 0 Å². The van der Waals surface area contributed by atoms with Crippen molar-refractivity contribution in [3.05, 3.63) is 56.2 Å². The Morgan fingerprint density at radius 3 is 2.33 bits per heavy atom. The smallest absolute Gasteiger partial charge is 0.182 e. The minimum atomic E-state index is 0.699. The van der Waals surface area contributed by atoms with Crippen LogP contribution in [-0.2, 0) is 0 Å². The number of H-pyrrole nitrogens is 1. The van der Waals surface area contributed by atoms with Gasteiger partial charge < -0.3 is 4.98 Å². The number of aromatic nitrogens is 2. The second-order valence-electron chi connectivity index (χ2n) is 3.90. The van der Waals surface area contributed by atoms with Crippen LogP contribution in [-0.4, -0.2) is 9.55 Å². The third-order valence-electron chi connectivity index (χ3n) is 2.73. The molecule has 2 nitrogen and oxygen atoms in total. The summed E-state index contributed by atoms with van der Waals surface area (Å²) in [7, 11) is 0. The van der Waals surface area contributed by atoms with E-state index in [4.69, 9.17) is 12.2 Å². The fourth-order valence-electron chi connectivity index (χ4n) is 1.93. The Balaban J connectivity index is 2.32. The molecule has 90 valence electrons. The number of imidazole rings is 1. The maximum absolute atomic E-state index is 5.39. The summed E-state index contributed by atoms with van der Waals surface area (Å²) >= 11 is 12.3. The van der Waals surface area contributed by atoms with Gasteiger partial charge in [-0.1, -0.05) is 31.9 Å². The molecule has 0 amide bonds. The third-order valence-corrected chi connectivity index (χ3v) is 4.04. The van der Waals surface area contributed by atoms with Crippen molar-refractivity contribution in [2.45, 2.75) is 0 Å². The molecule has 0 spiro atoms. The van der Waals surface area contributed by atoms with E-state index in [1.165, 1.54) is 0 Å². The van der Waals surface area contributed by atoms with E-state index >= 15 is 0 Å². The molecule has 3 rings (SSSR count). The highest BCUT2D eigenvalue weighted by Crippen LogP contribution is 2.23. The molecule has 0 saturated heterocycles. The van der Waals surface area contributed by atoms with E-state index in [2.05, 4.69) is 36.8 Å². The summed E-state index contributed by atoms with van der Waals surface area (Å²) in [5, 5.41) is 0. The molecule has 0 atom stereocenters. The Morgan fingerprint density at radius 2 is 1.61 bits per heavy atom. The minimum absolute atomic E-state index is 0.699. The average Bonchev–Trinajstić information content (AvgIpc) is 2.65. The van der Waals surface area contributed by atoms with Crippen molar-refractivity contribution in [1.82, 2.24) is 9.55 Å². The maximum Gasteiger partial charge on any atom is 0.182 e. The molecule has 0 bridgehead atoms. The molecule has 5 heteroatoms. The third kappa shape index (κ3) is 2.06. The SMILES string of the molecule is S=c1[nH]c2cc(Br)ccc2n1-c1ccc(Br)cc1. The molecule has 0 radical (unpaired) electrons. The van der Waals surface area contributed by atoms with E-state index in [0.29, 0.717) is 4.77 Å². The van der Waals surface area contributed by atoms with Crippen molar-refractivity contribution < 1.29 is 0 Å². The normalized spacial score (nSPS) is 11.0. The number of benzene rings is 2. The molecule has 1 N–H and O–H groups in total.